The maximum atomic E-state index is 12.6. The van der Waals surface area contributed by atoms with E-state index in [2.05, 4.69) is 6.92 Å². The summed E-state index contributed by atoms with van der Waals surface area (Å²) in [6.07, 6.45) is 6.79. The number of carbonyl (C=O) groups excluding carboxylic acids is 2. The van der Waals surface area contributed by atoms with Crippen LogP contribution in [-0.2, 0) is 14.3 Å². The fourth-order valence-electron chi connectivity index (χ4n) is 4.28. The van der Waals surface area contributed by atoms with Crippen molar-refractivity contribution < 1.29 is 14.3 Å². The van der Waals surface area contributed by atoms with Crippen LogP contribution in [0, 0.1) is 11.8 Å². The Morgan fingerprint density at radius 1 is 1.22 bits per heavy atom. The molecule has 1 aliphatic carbocycles. The van der Waals surface area contributed by atoms with E-state index >= 15 is 0 Å². The van der Waals surface area contributed by atoms with Crippen LogP contribution in [-0.4, -0.2) is 42.5 Å². The lowest BCUT2D eigenvalue weighted by Gasteiger charge is -2.34. The average molecular weight is 320 g/mol. The van der Waals surface area contributed by atoms with E-state index in [0.29, 0.717) is 12.5 Å². The lowest BCUT2D eigenvalue weighted by atomic mass is 9.86. The molecule has 5 nitrogen and oxygen atoms in total. The van der Waals surface area contributed by atoms with Crippen LogP contribution in [0.3, 0.4) is 0 Å². The largest absolute Gasteiger partial charge is 0.377 e. The summed E-state index contributed by atoms with van der Waals surface area (Å²) >= 11 is 0. The van der Waals surface area contributed by atoms with E-state index < -0.39 is 0 Å². The SMILES string of the molecule is CC1=C(C(=O)N2CCC(C[C@H]3OCC[C@H]3C(N)=O)CC2)CCC1. The highest BCUT2D eigenvalue weighted by Gasteiger charge is 2.35. The highest BCUT2D eigenvalue weighted by atomic mass is 16.5. The van der Waals surface area contributed by atoms with Crippen LogP contribution < -0.4 is 5.73 Å². The molecule has 0 bridgehead atoms. The van der Waals surface area contributed by atoms with Gasteiger partial charge < -0.3 is 15.4 Å². The highest BCUT2D eigenvalue weighted by Crippen LogP contribution is 2.32. The summed E-state index contributed by atoms with van der Waals surface area (Å²) in [5.74, 6) is 0.429. The fraction of sp³-hybridized carbons (Fsp3) is 0.778. The molecule has 2 amide bonds. The first-order chi connectivity index (χ1) is 11.1. The summed E-state index contributed by atoms with van der Waals surface area (Å²) in [7, 11) is 0. The molecule has 2 atom stereocenters. The third kappa shape index (κ3) is 3.60. The van der Waals surface area contributed by atoms with Crippen molar-refractivity contribution in [1.82, 2.24) is 4.90 Å². The van der Waals surface area contributed by atoms with E-state index in [1.807, 2.05) is 4.90 Å². The Kier molecular flexibility index (Phi) is 5.05. The summed E-state index contributed by atoms with van der Waals surface area (Å²) in [5, 5.41) is 0. The van der Waals surface area contributed by atoms with Crippen molar-refractivity contribution in [2.24, 2.45) is 17.6 Å². The Balaban J connectivity index is 1.50. The van der Waals surface area contributed by atoms with Crippen LogP contribution in [0.25, 0.3) is 0 Å². The molecule has 2 N–H and O–H groups in total. The number of rotatable bonds is 4. The zero-order valence-electron chi connectivity index (χ0n) is 14.1. The number of ether oxygens (including phenoxy) is 1. The van der Waals surface area contributed by atoms with E-state index in [-0.39, 0.29) is 23.8 Å². The normalized spacial score (nSPS) is 29.3. The molecule has 0 aromatic rings. The molecule has 3 aliphatic rings. The van der Waals surface area contributed by atoms with Gasteiger partial charge in [-0.05, 0) is 57.8 Å². The Labute approximate surface area is 138 Å². The molecule has 0 radical (unpaired) electrons. The zero-order chi connectivity index (χ0) is 16.4. The van der Waals surface area contributed by atoms with Crippen molar-refractivity contribution in [2.45, 2.75) is 58.0 Å². The number of likely N-dealkylation sites (tertiary alicyclic amines) is 1. The predicted molar refractivity (Wildman–Crippen MR) is 87.5 cm³/mol. The third-order valence-corrected chi connectivity index (χ3v) is 5.79. The molecule has 3 rings (SSSR count). The molecule has 23 heavy (non-hydrogen) atoms. The van der Waals surface area contributed by atoms with Gasteiger partial charge in [-0.25, -0.2) is 0 Å². The van der Waals surface area contributed by atoms with Gasteiger partial charge in [0, 0.05) is 25.3 Å². The van der Waals surface area contributed by atoms with E-state index in [9.17, 15) is 9.59 Å². The minimum Gasteiger partial charge on any atom is -0.377 e. The monoisotopic (exact) mass is 320 g/mol. The summed E-state index contributed by atoms with van der Waals surface area (Å²) < 4.78 is 5.71. The van der Waals surface area contributed by atoms with Gasteiger partial charge in [0.2, 0.25) is 11.8 Å². The number of allylic oxidation sites excluding steroid dienone is 1. The van der Waals surface area contributed by atoms with Gasteiger partial charge in [-0.2, -0.15) is 0 Å². The molecule has 0 spiro atoms. The smallest absolute Gasteiger partial charge is 0.249 e. The second kappa shape index (κ2) is 7.04. The minimum absolute atomic E-state index is 0.0143. The number of piperidine rings is 1. The zero-order valence-corrected chi connectivity index (χ0v) is 14.1. The maximum absolute atomic E-state index is 12.6. The second-order valence-corrected chi connectivity index (χ2v) is 7.29. The first-order valence-corrected chi connectivity index (χ1v) is 8.95. The van der Waals surface area contributed by atoms with Gasteiger partial charge in [0.05, 0.1) is 12.0 Å². The van der Waals surface area contributed by atoms with Crippen LogP contribution in [0.1, 0.15) is 51.9 Å². The van der Waals surface area contributed by atoms with Crippen LogP contribution in [0.5, 0.6) is 0 Å². The Morgan fingerprint density at radius 2 is 1.96 bits per heavy atom. The lowest BCUT2D eigenvalue weighted by Crippen LogP contribution is -2.40. The van der Waals surface area contributed by atoms with Gasteiger partial charge in [0.25, 0.3) is 0 Å². The average Bonchev–Trinajstić information content (AvgIpc) is 3.16. The number of hydrogen-bond donors (Lipinski definition) is 1. The van der Waals surface area contributed by atoms with Crippen molar-refractivity contribution >= 4 is 11.8 Å². The van der Waals surface area contributed by atoms with Crippen molar-refractivity contribution in [3.63, 3.8) is 0 Å². The standard InChI is InChI=1S/C18H28N2O3/c1-12-3-2-4-14(12)18(22)20-8-5-13(6-9-20)11-16-15(17(19)21)7-10-23-16/h13,15-16H,2-11H2,1H3,(H2,19,21)/t15-,16-/m1/s1. The third-order valence-electron chi connectivity index (χ3n) is 5.79. The van der Waals surface area contributed by atoms with Gasteiger partial charge in [-0.3, -0.25) is 9.59 Å². The molecule has 0 unspecified atom stereocenters. The van der Waals surface area contributed by atoms with Crippen molar-refractivity contribution in [3.8, 4) is 0 Å². The highest BCUT2D eigenvalue weighted by molar-refractivity contribution is 5.94. The van der Waals surface area contributed by atoms with Crippen molar-refractivity contribution in [3.05, 3.63) is 11.1 Å². The first kappa shape index (κ1) is 16.5. The van der Waals surface area contributed by atoms with Crippen LogP contribution in [0.4, 0.5) is 0 Å². The molecule has 2 heterocycles. The van der Waals surface area contributed by atoms with Gasteiger partial charge in [-0.15, -0.1) is 0 Å². The van der Waals surface area contributed by atoms with Crippen LogP contribution in [0.15, 0.2) is 11.1 Å². The summed E-state index contributed by atoms with van der Waals surface area (Å²) in [4.78, 5) is 26.1. The molecular weight excluding hydrogens is 292 g/mol. The minimum atomic E-state index is -0.233. The van der Waals surface area contributed by atoms with E-state index in [0.717, 1.165) is 63.6 Å². The molecule has 0 aromatic heterocycles. The molecule has 0 aromatic carbocycles. The Bertz CT molecular complexity index is 506. The van der Waals surface area contributed by atoms with E-state index in [1.54, 1.807) is 0 Å². The molecule has 2 aliphatic heterocycles. The second-order valence-electron chi connectivity index (χ2n) is 7.29. The Hall–Kier alpha value is -1.36. The van der Waals surface area contributed by atoms with Gasteiger partial charge in [-0.1, -0.05) is 5.57 Å². The molecule has 5 heteroatoms. The number of carbonyl (C=O) groups is 2. The predicted octanol–water partition coefficient (Wildman–Crippen LogP) is 2.01. The van der Waals surface area contributed by atoms with Gasteiger partial charge >= 0.3 is 0 Å². The molecule has 0 saturated carbocycles. The maximum Gasteiger partial charge on any atom is 0.249 e. The number of amides is 2. The van der Waals surface area contributed by atoms with Gasteiger partial charge in [0.1, 0.15) is 0 Å². The van der Waals surface area contributed by atoms with E-state index in [1.165, 1.54) is 5.57 Å². The number of nitrogens with two attached hydrogens (primary N) is 1. The van der Waals surface area contributed by atoms with Crippen molar-refractivity contribution in [1.29, 1.82) is 0 Å². The van der Waals surface area contributed by atoms with Crippen LogP contribution >= 0.6 is 0 Å². The fourth-order valence-corrected chi connectivity index (χ4v) is 4.28. The summed E-state index contributed by atoms with van der Waals surface area (Å²) in [6, 6.07) is 0. The van der Waals surface area contributed by atoms with Crippen molar-refractivity contribution in [2.75, 3.05) is 19.7 Å². The summed E-state index contributed by atoms with van der Waals surface area (Å²) in [5.41, 5.74) is 7.79. The van der Waals surface area contributed by atoms with E-state index in [4.69, 9.17) is 10.5 Å². The number of hydrogen-bond acceptors (Lipinski definition) is 3. The van der Waals surface area contributed by atoms with Crippen LogP contribution in [0.2, 0.25) is 0 Å². The van der Waals surface area contributed by atoms with Gasteiger partial charge in [0.15, 0.2) is 0 Å². The molecule has 128 valence electrons. The molecular formula is C18H28N2O3. The topological polar surface area (TPSA) is 72.6 Å². The first-order valence-electron chi connectivity index (χ1n) is 8.95. The molecule has 2 saturated heterocycles. The Morgan fingerprint density at radius 3 is 2.57 bits per heavy atom. The summed E-state index contributed by atoms with van der Waals surface area (Å²) in [6.45, 7) is 4.39. The lowest BCUT2D eigenvalue weighted by molar-refractivity contribution is -0.128. The number of primary amides is 1. The quantitative estimate of drug-likeness (QED) is 0.861. The molecule has 2 fully saturated rings. The number of nitrogens with zero attached hydrogens (tertiary/aromatic N) is 1.